The smallest absolute Gasteiger partial charge is 0.265 e. The van der Waals surface area contributed by atoms with E-state index in [4.69, 9.17) is 21.1 Å². The quantitative estimate of drug-likeness (QED) is 0.825. The van der Waals surface area contributed by atoms with E-state index in [0.29, 0.717) is 22.9 Å². The number of methoxy groups -OCH3 is 2. The van der Waals surface area contributed by atoms with Crippen LogP contribution in [0.5, 0.6) is 11.5 Å². The first-order chi connectivity index (χ1) is 11.9. The fraction of sp³-hybridized carbons (Fsp3) is 0.471. The van der Waals surface area contributed by atoms with Gasteiger partial charge in [0.25, 0.3) is 10.0 Å². The summed E-state index contributed by atoms with van der Waals surface area (Å²) in [6.45, 7) is 9.29. The zero-order valence-electron chi connectivity index (χ0n) is 16.0. The molecule has 2 rings (SSSR count). The summed E-state index contributed by atoms with van der Waals surface area (Å²) in [5.74, 6) is 0.688. The lowest BCUT2D eigenvalue weighted by Crippen LogP contribution is -2.25. The van der Waals surface area contributed by atoms with Gasteiger partial charge in [0, 0.05) is 6.07 Å². The normalized spacial score (nSPS) is 12.2. The van der Waals surface area contributed by atoms with Crippen molar-refractivity contribution in [3.8, 4) is 11.5 Å². The minimum absolute atomic E-state index is 0.140. The van der Waals surface area contributed by atoms with Crippen LogP contribution in [-0.4, -0.2) is 32.4 Å². The van der Waals surface area contributed by atoms with Crippen LogP contribution in [0, 0.1) is 13.8 Å². The highest BCUT2D eigenvalue weighted by atomic mass is 35.5. The van der Waals surface area contributed by atoms with Crippen LogP contribution in [0.1, 0.15) is 32.2 Å². The fourth-order valence-corrected chi connectivity index (χ4v) is 4.50. The Bertz CT molecular complexity index is 930. The second kappa shape index (κ2) is 7.00. The number of hydrogen-bond donors (Lipinski definition) is 1. The van der Waals surface area contributed by atoms with Crippen LogP contribution in [0.25, 0.3) is 0 Å². The molecule has 0 fully saturated rings. The molecule has 0 aliphatic heterocycles. The summed E-state index contributed by atoms with van der Waals surface area (Å²) < 4.78 is 40.7. The summed E-state index contributed by atoms with van der Waals surface area (Å²) in [6.07, 6.45) is 0. The molecule has 144 valence electrons. The number of nitrogens with zero attached hydrogens (tertiary/aromatic N) is 2. The molecule has 0 aliphatic rings. The molecule has 0 amide bonds. The van der Waals surface area contributed by atoms with Crippen molar-refractivity contribution >= 4 is 27.3 Å². The van der Waals surface area contributed by atoms with Crippen molar-refractivity contribution in [2.75, 3.05) is 18.9 Å². The van der Waals surface area contributed by atoms with Crippen LogP contribution in [0.2, 0.25) is 5.02 Å². The van der Waals surface area contributed by atoms with Crippen molar-refractivity contribution in [2.45, 2.75) is 45.1 Å². The average Bonchev–Trinajstić information content (AvgIpc) is 2.82. The third-order valence-corrected chi connectivity index (χ3v) is 5.76. The van der Waals surface area contributed by atoms with Crippen molar-refractivity contribution in [2.24, 2.45) is 0 Å². The van der Waals surface area contributed by atoms with Crippen molar-refractivity contribution in [1.82, 2.24) is 9.78 Å². The molecule has 0 unspecified atom stereocenters. The van der Waals surface area contributed by atoms with E-state index in [9.17, 15) is 8.42 Å². The maximum absolute atomic E-state index is 13.0. The van der Waals surface area contributed by atoms with Gasteiger partial charge in [0.1, 0.15) is 16.4 Å². The molecule has 2 aromatic rings. The molecular formula is C17H24ClN3O4S. The van der Waals surface area contributed by atoms with Crippen LogP contribution >= 0.6 is 11.6 Å². The molecule has 26 heavy (non-hydrogen) atoms. The van der Waals surface area contributed by atoms with Gasteiger partial charge in [-0.2, -0.15) is 5.10 Å². The fourth-order valence-electron chi connectivity index (χ4n) is 2.81. The summed E-state index contributed by atoms with van der Waals surface area (Å²) in [5.41, 5.74) is 0.856. The number of aromatic nitrogens is 2. The van der Waals surface area contributed by atoms with E-state index < -0.39 is 10.0 Å². The van der Waals surface area contributed by atoms with Crippen LogP contribution in [0.3, 0.4) is 0 Å². The molecule has 0 radical (unpaired) electrons. The number of nitrogens with one attached hydrogen (secondary N) is 1. The van der Waals surface area contributed by atoms with E-state index in [1.54, 1.807) is 18.5 Å². The molecule has 1 aromatic heterocycles. The SMILES string of the molecule is COc1cc(OC)c(NS(=O)(=O)c2c(C)nn(C(C)(C)C)c2C)cc1Cl. The molecule has 7 nitrogen and oxygen atoms in total. The molecule has 0 aliphatic carbocycles. The number of sulfonamides is 1. The number of anilines is 1. The van der Waals surface area contributed by atoms with Gasteiger partial charge in [-0.1, -0.05) is 11.6 Å². The number of aryl methyl sites for hydroxylation is 1. The van der Waals surface area contributed by atoms with E-state index in [0.717, 1.165) is 0 Å². The van der Waals surface area contributed by atoms with E-state index >= 15 is 0 Å². The van der Waals surface area contributed by atoms with Gasteiger partial charge >= 0.3 is 0 Å². The first kappa shape index (κ1) is 20.4. The lowest BCUT2D eigenvalue weighted by molar-refractivity contribution is 0.345. The second-order valence-electron chi connectivity index (χ2n) is 6.88. The molecule has 1 aromatic carbocycles. The lowest BCUT2D eigenvalue weighted by Gasteiger charge is -2.21. The minimum Gasteiger partial charge on any atom is -0.495 e. The van der Waals surface area contributed by atoms with Gasteiger partial charge in [0.05, 0.1) is 41.9 Å². The Balaban J connectivity index is 2.55. The Kier molecular flexibility index (Phi) is 5.49. The first-order valence-corrected chi connectivity index (χ1v) is 9.79. The van der Waals surface area contributed by atoms with E-state index in [1.165, 1.54) is 26.4 Å². The van der Waals surface area contributed by atoms with E-state index in [2.05, 4.69) is 9.82 Å². The van der Waals surface area contributed by atoms with Gasteiger partial charge < -0.3 is 9.47 Å². The number of hydrogen-bond acceptors (Lipinski definition) is 5. The maximum atomic E-state index is 13.0. The monoisotopic (exact) mass is 401 g/mol. The van der Waals surface area contributed by atoms with Gasteiger partial charge in [-0.25, -0.2) is 8.42 Å². The Hall–Kier alpha value is -1.93. The van der Waals surface area contributed by atoms with Gasteiger partial charge in [0.15, 0.2) is 0 Å². The van der Waals surface area contributed by atoms with Gasteiger partial charge in [-0.05, 0) is 40.7 Å². The number of benzene rings is 1. The van der Waals surface area contributed by atoms with E-state index in [-0.39, 0.29) is 21.1 Å². The van der Waals surface area contributed by atoms with Crippen molar-refractivity contribution in [3.05, 3.63) is 28.5 Å². The summed E-state index contributed by atoms with van der Waals surface area (Å²) in [6, 6.07) is 2.98. The second-order valence-corrected chi connectivity index (χ2v) is 8.90. The minimum atomic E-state index is -3.90. The third-order valence-electron chi connectivity index (χ3n) is 3.85. The molecule has 0 saturated heterocycles. The highest BCUT2D eigenvalue weighted by Gasteiger charge is 2.29. The number of halogens is 1. The van der Waals surface area contributed by atoms with Crippen LogP contribution in [-0.2, 0) is 15.6 Å². The Labute approximate surface area is 159 Å². The van der Waals surface area contributed by atoms with Crippen molar-refractivity contribution < 1.29 is 17.9 Å². The van der Waals surface area contributed by atoms with Gasteiger partial charge in [0.2, 0.25) is 0 Å². The molecule has 1 N–H and O–H groups in total. The van der Waals surface area contributed by atoms with Gasteiger partial charge in [-0.3, -0.25) is 9.40 Å². The zero-order valence-corrected chi connectivity index (χ0v) is 17.5. The van der Waals surface area contributed by atoms with E-state index in [1.807, 2.05) is 20.8 Å². The summed E-state index contributed by atoms with van der Waals surface area (Å²) in [7, 11) is -0.986. The molecule has 0 saturated carbocycles. The molecule has 0 bridgehead atoms. The van der Waals surface area contributed by atoms with Crippen LogP contribution in [0.15, 0.2) is 17.0 Å². The largest absolute Gasteiger partial charge is 0.495 e. The zero-order chi connectivity index (χ0) is 19.9. The van der Waals surface area contributed by atoms with Crippen molar-refractivity contribution in [3.63, 3.8) is 0 Å². The van der Waals surface area contributed by atoms with Gasteiger partial charge in [-0.15, -0.1) is 0 Å². The maximum Gasteiger partial charge on any atom is 0.265 e. The summed E-state index contributed by atoms with van der Waals surface area (Å²) in [5, 5.41) is 4.67. The Morgan fingerprint density at radius 1 is 1.12 bits per heavy atom. The topological polar surface area (TPSA) is 82.4 Å². The van der Waals surface area contributed by atoms with Crippen molar-refractivity contribution in [1.29, 1.82) is 0 Å². The lowest BCUT2D eigenvalue weighted by atomic mass is 10.1. The predicted molar refractivity (Wildman–Crippen MR) is 102 cm³/mol. The first-order valence-electron chi connectivity index (χ1n) is 7.93. The Morgan fingerprint density at radius 2 is 1.69 bits per heavy atom. The van der Waals surface area contributed by atoms with Crippen LogP contribution < -0.4 is 14.2 Å². The predicted octanol–water partition coefficient (Wildman–Crippen LogP) is 3.73. The summed E-state index contributed by atoms with van der Waals surface area (Å²) >= 11 is 6.13. The molecule has 1 heterocycles. The molecular weight excluding hydrogens is 378 g/mol. The average molecular weight is 402 g/mol. The summed E-state index contributed by atoms with van der Waals surface area (Å²) in [4.78, 5) is 0.140. The molecule has 0 atom stereocenters. The standard InChI is InChI=1S/C17H24ClN3O4S/c1-10-16(11(2)21(19-10)17(3,4)5)26(22,23)20-13-8-12(18)14(24-6)9-15(13)25-7/h8-9,20H,1-7H3. The number of rotatable bonds is 5. The molecule has 0 spiro atoms. The number of ether oxygens (including phenoxy) is 2. The molecule has 9 heteroatoms. The highest BCUT2D eigenvalue weighted by molar-refractivity contribution is 7.92. The highest BCUT2D eigenvalue weighted by Crippen LogP contribution is 2.37. The van der Waals surface area contributed by atoms with Crippen LogP contribution in [0.4, 0.5) is 5.69 Å². The Morgan fingerprint density at radius 3 is 2.15 bits per heavy atom. The third kappa shape index (κ3) is 3.76.